The number of hydrogen-bond donors (Lipinski definition) is 1. The molecule has 0 radical (unpaired) electrons. The van der Waals surface area contributed by atoms with Crippen molar-refractivity contribution >= 4 is 38.9 Å². The van der Waals surface area contributed by atoms with Gasteiger partial charge in [0.25, 0.3) is 10.0 Å². The first-order chi connectivity index (χ1) is 13.8. The van der Waals surface area contributed by atoms with Crippen LogP contribution in [-0.4, -0.2) is 20.9 Å². The number of nitrogens with zero attached hydrogens (tertiary/aromatic N) is 1. The Bertz CT molecular complexity index is 1110. The van der Waals surface area contributed by atoms with Crippen LogP contribution >= 0.6 is 11.6 Å². The summed E-state index contributed by atoms with van der Waals surface area (Å²) in [5.74, 6) is -0.463. The first kappa shape index (κ1) is 20.9. The Morgan fingerprint density at radius 3 is 2.24 bits per heavy atom. The summed E-state index contributed by atoms with van der Waals surface area (Å²) in [6, 6.07) is 20.2. The van der Waals surface area contributed by atoms with Crippen LogP contribution in [0.1, 0.15) is 11.1 Å². The number of nitrogens with one attached hydrogen (secondary N) is 1. The lowest BCUT2D eigenvalue weighted by Gasteiger charge is -2.24. The Balaban J connectivity index is 1.94. The van der Waals surface area contributed by atoms with Gasteiger partial charge in [0.05, 0.1) is 10.6 Å². The smallest absolute Gasteiger partial charge is 0.264 e. The molecule has 1 amide bonds. The molecule has 3 aromatic carbocycles. The van der Waals surface area contributed by atoms with Crippen molar-refractivity contribution in [3.63, 3.8) is 0 Å². The van der Waals surface area contributed by atoms with E-state index in [1.807, 2.05) is 19.1 Å². The van der Waals surface area contributed by atoms with E-state index in [1.165, 1.54) is 12.1 Å². The molecule has 0 unspecified atom stereocenters. The summed E-state index contributed by atoms with van der Waals surface area (Å²) in [6.45, 7) is 3.33. The molecular formula is C22H21ClN2O3S. The van der Waals surface area contributed by atoms with Crippen LogP contribution in [-0.2, 0) is 14.8 Å². The largest absolute Gasteiger partial charge is 0.324 e. The van der Waals surface area contributed by atoms with Gasteiger partial charge in [0.15, 0.2) is 0 Å². The monoisotopic (exact) mass is 428 g/mol. The van der Waals surface area contributed by atoms with Crippen LogP contribution in [0.5, 0.6) is 0 Å². The zero-order valence-electron chi connectivity index (χ0n) is 16.1. The van der Waals surface area contributed by atoms with Crippen molar-refractivity contribution in [2.45, 2.75) is 18.7 Å². The number of hydrogen-bond acceptors (Lipinski definition) is 3. The van der Waals surface area contributed by atoms with E-state index >= 15 is 0 Å². The van der Waals surface area contributed by atoms with Gasteiger partial charge in [0, 0.05) is 10.7 Å². The molecule has 0 aliphatic rings. The average molecular weight is 429 g/mol. The van der Waals surface area contributed by atoms with Gasteiger partial charge < -0.3 is 5.32 Å². The van der Waals surface area contributed by atoms with Crippen LogP contribution in [0.2, 0.25) is 5.02 Å². The Kier molecular flexibility index (Phi) is 6.25. The Morgan fingerprint density at radius 2 is 1.59 bits per heavy atom. The third kappa shape index (κ3) is 4.78. The average Bonchev–Trinajstić information content (AvgIpc) is 2.71. The van der Waals surface area contributed by atoms with E-state index in [-0.39, 0.29) is 11.4 Å². The fourth-order valence-corrected chi connectivity index (χ4v) is 4.43. The minimum Gasteiger partial charge on any atom is -0.324 e. The fourth-order valence-electron chi connectivity index (χ4n) is 2.81. The lowest BCUT2D eigenvalue weighted by molar-refractivity contribution is -0.114. The normalized spacial score (nSPS) is 11.1. The number of anilines is 2. The number of halogens is 1. The second-order valence-electron chi connectivity index (χ2n) is 6.62. The summed E-state index contributed by atoms with van der Waals surface area (Å²) in [6.07, 6.45) is 0. The second kappa shape index (κ2) is 8.68. The molecule has 0 spiro atoms. The van der Waals surface area contributed by atoms with Gasteiger partial charge >= 0.3 is 0 Å². The molecule has 150 valence electrons. The van der Waals surface area contributed by atoms with Gasteiger partial charge in [-0.2, -0.15) is 0 Å². The Hall–Kier alpha value is -2.83. The summed E-state index contributed by atoms with van der Waals surface area (Å²) in [5.41, 5.74) is 2.67. The van der Waals surface area contributed by atoms with E-state index in [0.29, 0.717) is 16.4 Å². The third-order valence-corrected chi connectivity index (χ3v) is 6.68. The van der Waals surface area contributed by atoms with E-state index in [9.17, 15) is 13.2 Å². The molecule has 29 heavy (non-hydrogen) atoms. The molecule has 0 bridgehead atoms. The Labute approximate surface area is 176 Å². The first-order valence-electron chi connectivity index (χ1n) is 8.98. The maximum atomic E-state index is 13.3. The summed E-state index contributed by atoms with van der Waals surface area (Å²) < 4.78 is 27.6. The summed E-state index contributed by atoms with van der Waals surface area (Å²) in [4.78, 5) is 12.9. The van der Waals surface area contributed by atoms with Gasteiger partial charge in [0.1, 0.15) is 6.54 Å². The fraction of sp³-hybridized carbons (Fsp3) is 0.136. The third-order valence-electron chi connectivity index (χ3n) is 4.48. The summed E-state index contributed by atoms with van der Waals surface area (Å²) in [5, 5.41) is 3.28. The van der Waals surface area contributed by atoms with E-state index in [4.69, 9.17) is 11.6 Å². The number of carbonyl (C=O) groups is 1. The van der Waals surface area contributed by atoms with Gasteiger partial charge in [-0.1, -0.05) is 53.6 Å². The first-order valence-corrected chi connectivity index (χ1v) is 10.8. The maximum absolute atomic E-state index is 13.3. The van der Waals surface area contributed by atoms with Gasteiger partial charge in [-0.25, -0.2) is 8.42 Å². The van der Waals surface area contributed by atoms with Crippen LogP contribution < -0.4 is 9.62 Å². The van der Waals surface area contributed by atoms with Crippen LogP contribution in [0, 0.1) is 13.8 Å². The summed E-state index contributed by atoms with van der Waals surface area (Å²) >= 11 is 6.11. The summed E-state index contributed by atoms with van der Waals surface area (Å²) in [7, 11) is -3.93. The molecule has 0 aromatic heterocycles. The zero-order valence-corrected chi connectivity index (χ0v) is 17.7. The molecule has 0 heterocycles. The molecule has 0 aliphatic heterocycles. The SMILES string of the molecule is Cc1ccc(N(CC(=O)Nc2cccc(Cl)c2C)S(=O)(=O)c2ccccc2)cc1. The number of rotatable bonds is 6. The highest BCUT2D eigenvalue weighted by Crippen LogP contribution is 2.26. The maximum Gasteiger partial charge on any atom is 0.264 e. The molecule has 7 heteroatoms. The molecule has 3 aromatic rings. The van der Waals surface area contributed by atoms with Gasteiger partial charge in [0.2, 0.25) is 5.91 Å². The van der Waals surface area contributed by atoms with Crippen molar-refractivity contribution in [1.82, 2.24) is 0 Å². The number of amides is 1. The van der Waals surface area contributed by atoms with Crippen molar-refractivity contribution in [3.8, 4) is 0 Å². The van der Waals surface area contributed by atoms with E-state index in [2.05, 4.69) is 5.32 Å². The van der Waals surface area contributed by atoms with E-state index in [0.717, 1.165) is 15.4 Å². The molecular weight excluding hydrogens is 408 g/mol. The van der Waals surface area contributed by atoms with Crippen molar-refractivity contribution < 1.29 is 13.2 Å². The highest BCUT2D eigenvalue weighted by Gasteiger charge is 2.27. The molecule has 0 saturated heterocycles. The quantitative estimate of drug-likeness (QED) is 0.613. The standard InChI is InChI=1S/C22H21ClN2O3S/c1-16-11-13-18(14-12-16)25(29(27,28)19-7-4-3-5-8-19)15-22(26)24-21-10-6-9-20(23)17(21)2/h3-14H,15H2,1-2H3,(H,24,26). The van der Waals surface area contributed by atoms with Crippen molar-refractivity contribution in [2.24, 2.45) is 0 Å². The molecule has 0 atom stereocenters. The molecule has 5 nitrogen and oxygen atoms in total. The zero-order chi connectivity index (χ0) is 21.0. The predicted molar refractivity (Wildman–Crippen MR) is 117 cm³/mol. The molecule has 3 rings (SSSR count). The molecule has 0 fully saturated rings. The topological polar surface area (TPSA) is 66.5 Å². The van der Waals surface area contributed by atoms with Crippen LogP contribution in [0.3, 0.4) is 0 Å². The van der Waals surface area contributed by atoms with Gasteiger partial charge in [-0.3, -0.25) is 9.10 Å². The van der Waals surface area contributed by atoms with E-state index < -0.39 is 15.9 Å². The number of carbonyl (C=O) groups excluding carboxylic acids is 1. The van der Waals surface area contributed by atoms with Crippen molar-refractivity contribution in [3.05, 3.63) is 88.9 Å². The highest BCUT2D eigenvalue weighted by atomic mass is 35.5. The van der Waals surface area contributed by atoms with E-state index in [1.54, 1.807) is 55.5 Å². The molecule has 0 saturated carbocycles. The minimum absolute atomic E-state index is 0.118. The highest BCUT2D eigenvalue weighted by molar-refractivity contribution is 7.92. The van der Waals surface area contributed by atoms with Crippen LogP contribution in [0.4, 0.5) is 11.4 Å². The predicted octanol–water partition coefficient (Wildman–Crippen LogP) is 4.79. The molecule has 1 N–H and O–H groups in total. The van der Waals surface area contributed by atoms with Crippen molar-refractivity contribution in [2.75, 3.05) is 16.2 Å². The van der Waals surface area contributed by atoms with Crippen LogP contribution in [0.15, 0.2) is 77.7 Å². The second-order valence-corrected chi connectivity index (χ2v) is 8.89. The number of benzene rings is 3. The van der Waals surface area contributed by atoms with Gasteiger partial charge in [-0.05, 0) is 55.8 Å². The lowest BCUT2D eigenvalue weighted by atomic mass is 10.2. The number of aryl methyl sites for hydroxylation is 1. The Morgan fingerprint density at radius 1 is 0.931 bits per heavy atom. The molecule has 0 aliphatic carbocycles. The lowest BCUT2D eigenvalue weighted by Crippen LogP contribution is -2.38. The number of sulfonamides is 1. The van der Waals surface area contributed by atoms with Crippen molar-refractivity contribution in [1.29, 1.82) is 0 Å². The van der Waals surface area contributed by atoms with Gasteiger partial charge in [-0.15, -0.1) is 0 Å². The minimum atomic E-state index is -3.93. The van der Waals surface area contributed by atoms with Crippen LogP contribution in [0.25, 0.3) is 0 Å².